The first-order valence-corrected chi connectivity index (χ1v) is 10.3. The Bertz CT molecular complexity index is 901. The number of nitrogen functional groups attached to an aromatic ring is 1. The smallest absolute Gasteiger partial charge is 0.222 e. The van der Waals surface area contributed by atoms with E-state index in [4.69, 9.17) is 15.5 Å². The Balaban J connectivity index is 2.17. The standard InChI is InChI=1S/C22H30N6O/c1-5-7-16-18(15-12-26-21(25-6-2)27-13-15)17(11-23)20(24)28-19(16)14-8-9-29-22(3,4)10-14/h12-14H,5-10H2,1-4H3,(H2,24,28)(H,25,26,27)/t14-/m1/s1. The van der Waals surface area contributed by atoms with Gasteiger partial charge in [-0.3, -0.25) is 0 Å². The maximum Gasteiger partial charge on any atom is 0.222 e. The predicted molar refractivity (Wildman–Crippen MR) is 115 cm³/mol. The second-order valence-corrected chi connectivity index (χ2v) is 8.10. The van der Waals surface area contributed by atoms with Crippen molar-refractivity contribution < 1.29 is 4.74 Å². The number of pyridine rings is 1. The quantitative estimate of drug-likeness (QED) is 0.760. The molecule has 3 rings (SSSR count). The van der Waals surface area contributed by atoms with Gasteiger partial charge in [-0.2, -0.15) is 5.26 Å². The molecule has 2 aromatic rings. The fraction of sp³-hybridized carbons (Fsp3) is 0.545. The van der Waals surface area contributed by atoms with Gasteiger partial charge < -0.3 is 15.8 Å². The van der Waals surface area contributed by atoms with E-state index in [1.807, 2.05) is 6.92 Å². The monoisotopic (exact) mass is 394 g/mol. The summed E-state index contributed by atoms with van der Waals surface area (Å²) in [5, 5.41) is 12.9. The van der Waals surface area contributed by atoms with Crippen LogP contribution in [0.1, 0.15) is 69.7 Å². The van der Waals surface area contributed by atoms with Crippen LogP contribution < -0.4 is 11.1 Å². The van der Waals surface area contributed by atoms with E-state index >= 15 is 0 Å². The van der Waals surface area contributed by atoms with Crippen molar-refractivity contribution in [2.24, 2.45) is 0 Å². The molecule has 154 valence electrons. The van der Waals surface area contributed by atoms with Gasteiger partial charge in [0.15, 0.2) is 0 Å². The summed E-state index contributed by atoms with van der Waals surface area (Å²) in [6, 6.07) is 2.26. The molecule has 0 amide bonds. The topological polar surface area (TPSA) is 110 Å². The Hall–Kier alpha value is -2.72. The summed E-state index contributed by atoms with van der Waals surface area (Å²) >= 11 is 0. The largest absolute Gasteiger partial charge is 0.383 e. The number of hydrogen-bond donors (Lipinski definition) is 2. The minimum absolute atomic E-state index is 0.201. The Morgan fingerprint density at radius 1 is 1.31 bits per heavy atom. The van der Waals surface area contributed by atoms with Crippen LogP contribution in [0.25, 0.3) is 11.1 Å². The van der Waals surface area contributed by atoms with Gasteiger partial charge in [-0.1, -0.05) is 13.3 Å². The van der Waals surface area contributed by atoms with Crippen molar-refractivity contribution >= 4 is 11.8 Å². The minimum atomic E-state index is -0.201. The Labute approximate surface area is 172 Å². The van der Waals surface area contributed by atoms with E-state index < -0.39 is 0 Å². The molecule has 1 atom stereocenters. The molecule has 0 aromatic carbocycles. The lowest BCUT2D eigenvalue weighted by atomic mass is 9.81. The van der Waals surface area contributed by atoms with Crippen molar-refractivity contribution in [3.05, 3.63) is 29.2 Å². The molecule has 0 spiro atoms. The normalized spacial score (nSPS) is 18.2. The van der Waals surface area contributed by atoms with Crippen molar-refractivity contribution in [3.63, 3.8) is 0 Å². The number of aromatic nitrogens is 3. The van der Waals surface area contributed by atoms with Gasteiger partial charge in [0.2, 0.25) is 5.95 Å². The summed E-state index contributed by atoms with van der Waals surface area (Å²) in [6.45, 7) is 9.79. The number of nitrogens with zero attached hydrogens (tertiary/aromatic N) is 4. The van der Waals surface area contributed by atoms with E-state index in [-0.39, 0.29) is 17.3 Å². The molecule has 0 radical (unpaired) electrons. The molecule has 1 saturated heterocycles. The van der Waals surface area contributed by atoms with Crippen LogP contribution in [0.2, 0.25) is 0 Å². The summed E-state index contributed by atoms with van der Waals surface area (Å²) in [6.07, 6.45) is 7.05. The van der Waals surface area contributed by atoms with Crippen molar-refractivity contribution in [1.82, 2.24) is 15.0 Å². The number of hydrogen-bond acceptors (Lipinski definition) is 7. The van der Waals surface area contributed by atoms with E-state index in [0.717, 1.165) is 54.6 Å². The first kappa shape index (κ1) is 21.0. The Kier molecular flexibility index (Phi) is 6.33. The van der Waals surface area contributed by atoms with Crippen molar-refractivity contribution in [3.8, 4) is 17.2 Å². The van der Waals surface area contributed by atoms with E-state index in [9.17, 15) is 5.26 Å². The number of ether oxygens (including phenoxy) is 1. The number of nitrogens with two attached hydrogens (primary N) is 1. The van der Waals surface area contributed by atoms with E-state index in [0.29, 0.717) is 18.1 Å². The summed E-state index contributed by atoms with van der Waals surface area (Å²) in [7, 11) is 0. The molecule has 1 aliphatic rings. The van der Waals surface area contributed by atoms with E-state index in [1.165, 1.54) is 0 Å². The molecule has 0 bridgehead atoms. The van der Waals surface area contributed by atoms with Gasteiger partial charge in [-0.05, 0) is 45.6 Å². The highest BCUT2D eigenvalue weighted by atomic mass is 16.5. The lowest BCUT2D eigenvalue weighted by Gasteiger charge is -2.36. The van der Waals surface area contributed by atoms with Crippen LogP contribution in [-0.4, -0.2) is 33.7 Å². The molecule has 0 saturated carbocycles. The average Bonchev–Trinajstić information content (AvgIpc) is 2.69. The molecule has 7 heteroatoms. The summed E-state index contributed by atoms with van der Waals surface area (Å²) < 4.78 is 5.90. The lowest BCUT2D eigenvalue weighted by Crippen LogP contribution is -2.33. The lowest BCUT2D eigenvalue weighted by molar-refractivity contribution is -0.0598. The number of anilines is 2. The fourth-order valence-corrected chi connectivity index (χ4v) is 4.10. The van der Waals surface area contributed by atoms with Crippen LogP contribution >= 0.6 is 0 Å². The molecule has 1 fully saturated rings. The van der Waals surface area contributed by atoms with Crippen molar-refractivity contribution in [2.45, 2.75) is 64.9 Å². The minimum Gasteiger partial charge on any atom is -0.383 e. The molecule has 2 aromatic heterocycles. The zero-order valence-corrected chi connectivity index (χ0v) is 17.7. The van der Waals surface area contributed by atoms with Gasteiger partial charge in [0.1, 0.15) is 17.5 Å². The number of nitrogens with one attached hydrogen (secondary N) is 1. The van der Waals surface area contributed by atoms with Gasteiger partial charge in [-0.25, -0.2) is 15.0 Å². The Morgan fingerprint density at radius 2 is 2.03 bits per heavy atom. The van der Waals surface area contributed by atoms with Gasteiger partial charge in [0.25, 0.3) is 0 Å². The molecule has 3 N–H and O–H groups in total. The third-order valence-electron chi connectivity index (χ3n) is 5.33. The van der Waals surface area contributed by atoms with Gasteiger partial charge in [-0.15, -0.1) is 0 Å². The van der Waals surface area contributed by atoms with Crippen LogP contribution in [0.3, 0.4) is 0 Å². The molecular formula is C22H30N6O. The number of nitriles is 1. The van der Waals surface area contributed by atoms with Crippen molar-refractivity contribution in [2.75, 3.05) is 24.2 Å². The molecule has 0 aliphatic carbocycles. The van der Waals surface area contributed by atoms with Crippen LogP contribution in [0, 0.1) is 11.3 Å². The highest BCUT2D eigenvalue weighted by molar-refractivity contribution is 5.78. The second-order valence-electron chi connectivity index (χ2n) is 8.10. The van der Waals surface area contributed by atoms with Crippen LogP contribution in [0.4, 0.5) is 11.8 Å². The summed E-state index contributed by atoms with van der Waals surface area (Å²) in [4.78, 5) is 13.5. The fourth-order valence-electron chi connectivity index (χ4n) is 4.10. The molecule has 7 nitrogen and oxygen atoms in total. The SMILES string of the molecule is CCCc1c([C@@H]2CCOC(C)(C)C2)nc(N)c(C#N)c1-c1cnc(NCC)nc1. The second kappa shape index (κ2) is 8.75. The first-order chi connectivity index (χ1) is 13.9. The highest BCUT2D eigenvalue weighted by Crippen LogP contribution is 2.41. The predicted octanol–water partition coefficient (Wildman–Crippen LogP) is 4.05. The van der Waals surface area contributed by atoms with Crippen molar-refractivity contribution in [1.29, 1.82) is 5.26 Å². The highest BCUT2D eigenvalue weighted by Gasteiger charge is 2.33. The molecule has 0 unspecified atom stereocenters. The third-order valence-corrected chi connectivity index (χ3v) is 5.33. The summed E-state index contributed by atoms with van der Waals surface area (Å²) in [5.74, 6) is 1.09. The summed E-state index contributed by atoms with van der Waals surface area (Å²) in [5.41, 5.74) is 10.2. The van der Waals surface area contributed by atoms with Crippen LogP contribution in [-0.2, 0) is 11.2 Å². The van der Waals surface area contributed by atoms with E-state index in [1.54, 1.807) is 12.4 Å². The van der Waals surface area contributed by atoms with Gasteiger partial charge in [0, 0.05) is 48.3 Å². The number of rotatable bonds is 6. The third kappa shape index (κ3) is 4.48. The molecule has 1 aliphatic heterocycles. The van der Waals surface area contributed by atoms with Crippen LogP contribution in [0.5, 0.6) is 0 Å². The first-order valence-electron chi connectivity index (χ1n) is 10.3. The molecule has 29 heavy (non-hydrogen) atoms. The maximum atomic E-state index is 9.83. The zero-order valence-electron chi connectivity index (χ0n) is 17.7. The Morgan fingerprint density at radius 3 is 2.62 bits per heavy atom. The zero-order chi connectivity index (χ0) is 21.0. The van der Waals surface area contributed by atoms with Crippen LogP contribution in [0.15, 0.2) is 12.4 Å². The average molecular weight is 395 g/mol. The molecule has 3 heterocycles. The van der Waals surface area contributed by atoms with Gasteiger partial charge >= 0.3 is 0 Å². The molecular weight excluding hydrogens is 364 g/mol. The van der Waals surface area contributed by atoms with Gasteiger partial charge in [0.05, 0.1) is 5.60 Å². The maximum absolute atomic E-state index is 9.83. The van der Waals surface area contributed by atoms with E-state index in [2.05, 4.69) is 42.1 Å².